The summed E-state index contributed by atoms with van der Waals surface area (Å²) >= 11 is 0. The van der Waals surface area contributed by atoms with Crippen LogP contribution in [0.2, 0.25) is 0 Å². The number of nitrogens with zero attached hydrogens (tertiary/aromatic N) is 1. The number of hydrogen-bond acceptors (Lipinski definition) is 5. The Labute approximate surface area is 138 Å². The molecule has 5 nitrogen and oxygen atoms in total. The molecule has 6 heteroatoms. The Hall–Kier alpha value is -0.950. The van der Waals surface area contributed by atoms with Crippen molar-refractivity contribution >= 4 is 9.84 Å². The van der Waals surface area contributed by atoms with Gasteiger partial charge in [-0.05, 0) is 31.9 Å². The summed E-state index contributed by atoms with van der Waals surface area (Å²) in [5.74, 6) is 0.226. The highest BCUT2D eigenvalue weighted by Crippen LogP contribution is 2.31. The van der Waals surface area contributed by atoms with E-state index < -0.39 is 9.84 Å². The van der Waals surface area contributed by atoms with Gasteiger partial charge in [0.1, 0.15) is 0 Å². The quantitative estimate of drug-likeness (QED) is 0.904. The summed E-state index contributed by atoms with van der Waals surface area (Å²) in [5, 5.41) is 3.59. The van der Waals surface area contributed by atoms with Gasteiger partial charge in [-0.25, -0.2) is 8.42 Å². The molecule has 2 aliphatic rings. The molecule has 0 bridgehead atoms. The van der Waals surface area contributed by atoms with Crippen LogP contribution in [-0.2, 0) is 14.6 Å². The van der Waals surface area contributed by atoms with Crippen LogP contribution in [0, 0.1) is 0 Å². The Morgan fingerprint density at radius 2 is 2.17 bits per heavy atom. The monoisotopic (exact) mass is 338 g/mol. The zero-order chi connectivity index (χ0) is 16.4. The highest BCUT2D eigenvalue weighted by atomic mass is 32.2. The molecule has 0 saturated carbocycles. The van der Waals surface area contributed by atoms with Crippen LogP contribution in [0.15, 0.2) is 29.2 Å². The number of morpholine rings is 1. The third kappa shape index (κ3) is 3.60. The number of fused-ring (bicyclic) bond motifs is 1. The van der Waals surface area contributed by atoms with Crippen LogP contribution in [0.1, 0.15) is 31.9 Å². The van der Waals surface area contributed by atoms with Gasteiger partial charge in [-0.2, -0.15) is 0 Å². The van der Waals surface area contributed by atoms with Gasteiger partial charge in [0.15, 0.2) is 9.84 Å². The second-order valence-corrected chi connectivity index (χ2v) is 8.69. The normalized spacial score (nSPS) is 29.0. The van der Waals surface area contributed by atoms with E-state index >= 15 is 0 Å². The number of hydrogen-bond donors (Lipinski definition) is 1. The molecule has 0 amide bonds. The van der Waals surface area contributed by atoms with Gasteiger partial charge in [0, 0.05) is 31.2 Å². The lowest BCUT2D eigenvalue weighted by Gasteiger charge is -2.38. The summed E-state index contributed by atoms with van der Waals surface area (Å²) in [5.41, 5.74) is 0.918. The predicted molar refractivity (Wildman–Crippen MR) is 90.3 cm³/mol. The topological polar surface area (TPSA) is 58.6 Å². The first kappa shape index (κ1) is 16.9. The van der Waals surface area contributed by atoms with E-state index in [9.17, 15) is 8.42 Å². The van der Waals surface area contributed by atoms with Crippen LogP contribution in [0.3, 0.4) is 0 Å². The van der Waals surface area contributed by atoms with Crippen molar-refractivity contribution < 1.29 is 13.2 Å². The molecule has 128 valence electrons. The SMILES string of the molecule is C[C@H](CN[C@@H]1CCS(=O)(=O)c2ccccc21)N1CCOC[C@H]1C. The Balaban J connectivity index is 1.67. The van der Waals surface area contributed by atoms with E-state index in [0.717, 1.165) is 31.9 Å². The van der Waals surface area contributed by atoms with Crippen LogP contribution in [-0.4, -0.2) is 57.5 Å². The first-order chi connectivity index (χ1) is 11.0. The molecule has 0 radical (unpaired) electrons. The molecule has 1 aromatic rings. The third-order valence-electron chi connectivity index (χ3n) is 4.95. The van der Waals surface area contributed by atoms with Crippen molar-refractivity contribution in [3.63, 3.8) is 0 Å². The number of benzene rings is 1. The van der Waals surface area contributed by atoms with Gasteiger partial charge in [-0.1, -0.05) is 18.2 Å². The van der Waals surface area contributed by atoms with Crippen molar-refractivity contribution in [3.8, 4) is 0 Å². The minimum absolute atomic E-state index is 0.119. The van der Waals surface area contributed by atoms with Gasteiger partial charge in [0.05, 0.1) is 23.9 Å². The van der Waals surface area contributed by atoms with E-state index in [-0.39, 0.29) is 11.8 Å². The lowest BCUT2D eigenvalue weighted by molar-refractivity contribution is -0.0185. The summed E-state index contributed by atoms with van der Waals surface area (Å²) in [6.07, 6.45) is 0.644. The van der Waals surface area contributed by atoms with Crippen molar-refractivity contribution in [2.75, 3.05) is 32.1 Å². The van der Waals surface area contributed by atoms with Crippen LogP contribution in [0.4, 0.5) is 0 Å². The maximum absolute atomic E-state index is 12.2. The fraction of sp³-hybridized carbons (Fsp3) is 0.647. The second kappa shape index (κ2) is 6.89. The Kier molecular flexibility index (Phi) is 5.06. The summed E-state index contributed by atoms with van der Waals surface area (Å²) in [4.78, 5) is 2.96. The zero-order valence-corrected chi connectivity index (χ0v) is 14.7. The van der Waals surface area contributed by atoms with Gasteiger partial charge < -0.3 is 10.1 Å². The van der Waals surface area contributed by atoms with Gasteiger partial charge in [-0.15, -0.1) is 0 Å². The summed E-state index contributed by atoms with van der Waals surface area (Å²) in [6, 6.07) is 8.34. The maximum atomic E-state index is 12.2. The number of nitrogens with one attached hydrogen (secondary N) is 1. The van der Waals surface area contributed by atoms with Crippen LogP contribution in [0.5, 0.6) is 0 Å². The Morgan fingerprint density at radius 3 is 2.96 bits per heavy atom. The molecule has 23 heavy (non-hydrogen) atoms. The largest absolute Gasteiger partial charge is 0.379 e. The number of rotatable bonds is 4. The number of ether oxygens (including phenoxy) is 1. The summed E-state index contributed by atoms with van der Waals surface area (Å²) in [7, 11) is -3.11. The highest BCUT2D eigenvalue weighted by Gasteiger charge is 2.30. The average molecular weight is 338 g/mol. The highest BCUT2D eigenvalue weighted by molar-refractivity contribution is 7.91. The van der Waals surface area contributed by atoms with Crippen molar-refractivity contribution in [3.05, 3.63) is 29.8 Å². The molecule has 0 spiro atoms. The molecule has 0 unspecified atom stereocenters. The van der Waals surface area contributed by atoms with Crippen molar-refractivity contribution in [1.29, 1.82) is 0 Å². The molecule has 2 aliphatic heterocycles. The Bertz CT molecular complexity index is 647. The molecular weight excluding hydrogens is 312 g/mol. The molecular formula is C17H26N2O3S. The van der Waals surface area contributed by atoms with Crippen molar-refractivity contribution in [1.82, 2.24) is 10.2 Å². The molecule has 1 N–H and O–H groups in total. The lowest BCUT2D eigenvalue weighted by Crippen LogP contribution is -2.51. The third-order valence-corrected chi connectivity index (χ3v) is 6.76. The molecule has 1 aromatic carbocycles. The zero-order valence-electron chi connectivity index (χ0n) is 13.9. The summed E-state index contributed by atoms with van der Waals surface area (Å²) < 4.78 is 29.9. The van der Waals surface area contributed by atoms with Crippen molar-refractivity contribution in [2.45, 2.75) is 43.3 Å². The molecule has 2 heterocycles. The standard InChI is InChI=1S/C17H26N2O3S/c1-13(19-8-9-22-12-14(19)2)11-18-16-7-10-23(20,21)17-6-4-3-5-15(16)17/h3-6,13-14,16,18H,7-12H2,1-2H3/t13-,14-,16-/m1/s1. The molecule has 0 aliphatic carbocycles. The maximum Gasteiger partial charge on any atom is 0.178 e. The first-order valence-corrected chi connectivity index (χ1v) is 10.0. The molecule has 3 atom stereocenters. The van der Waals surface area contributed by atoms with Gasteiger partial charge in [0.25, 0.3) is 0 Å². The lowest BCUT2D eigenvalue weighted by atomic mass is 10.0. The average Bonchev–Trinajstić information content (AvgIpc) is 2.54. The van der Waals surface area contributed by atoms with Gasteiger partial charge in [0.2, 0.25) is 0 Å². The fourth-order valence-electron chi connectivity index (χ4n) is 3.63. The van der Waals surface area contributed by atoms with Crippen molar-refractivity contribution in [2.24, 2.45) is 0 Å². The predicted octanol–water partition coefficient (Wildman–Crippen LogP) is 1.60. The van der Waals surface area contributed by atoms with Crippen LogP contribution in [0.25, 0.3) is 0 Å². The van der Waals surface area contributed by atoms with Gasteiger partial charge in [-0.3, -0.25) is 4.90 Å². The molecule has 3 rings (SSSR count). The van der Waals surface area contributed by atoms with E-state index in [1.54, 1.807) is 12.1 Å². The van der Waals surface area contributed by atoms with E-state index in [4.69, 9.17) is 4.74 Å². The van der Waals surface area contributed by atoms with Gasteiger partial charge >= 0.3 is 0 Å². The minimum Gasteiger partial charge on any atom is -0.379 e. The molecule has 0 aromatic heterocycles. The van der Waals surface area contributed by atoms with E-state index in [1.807, 2.05) is 12.1 Å². The first-order valence-electron chi connectivity index (χ1n) is 8.37. The smallest absolute Gasteiger partial charge is 0.178 e. The van der Waals surface area contributed by atoms with E-state index in [0.29, 0.717) is 23.4 Å². The molecule has 1 saturated heterocycles. The summed E-state index contributed by atoms with van der Waals surface area (Å²) in [6.45, 7) is 7.80. The van der Waals surface area contributed by atoms with Crippen LogP contribution < -0.4 is 5.32 Å². The fourth-order valence-corrected chi connectivity index (χ4v) is 5.25. The molecule has 1 fully saturated rings. The van der Waals surface area contributed by atoms with E-state index in [2.05, 4.69) is 24.1 Å². The second-order valence-electron chi connectivity index (χ2n) is 6.62. The van der Waals surface area contributed by atoms with E-state index in [1.165, 1.54) is 0 Å². The van der Waals surface area contributed by atoms with Crippen LogP contribution >= 0.6 is 0 Å². The number of sulfone groups is 1. The Morgan fingerprint density at radius 1 is 1.39 bits per heavy atom. The minimum atomic E-state index is -3.11.